The lowest BCUT2D eigenvalue weighted by atomic mass is 10.1. The molecule has 1 amide bonds. The number of amides is 1. The molecule has 0 bridgehead atoms. The monoisotopic (exact) mass is 613 g/mol. The summed E-state index contributed by atoms with van der Waals surface area (Å²) in [6.07, 6.45) is 21.6. The Morgan fingerprint density at radius 3 is 2.41 bits per heavy atom. The highest BCUT2D eigenvalue weighted by atomic mass is 16.6. The topological polar surface area (TPSA) is 94.3 Å². The van der Waals surface area contributed by atoms with Gasteiger partial charge < -0.3 is 30.6 Å². The van der Waals surface area contributed by atoms with E-state index in [1.165, 1.54) is 5.57 Å². The van der Waals surface area contributed by atoms with Crippen LogP contribution in [0, 0.1) is 0 Å². The van der Waals surface area contributed by atoms with Crippen molar-refractivity contribution in [2.24, 2.45) is 0 Å². The molecule has 4 N–H and O–H groups in total. The Morgan fingerprint density at radius 2 is 1.82 bits per heavy atom. The second-order valence-corrected chi connectivity index (χ2v) is 10.0. The average molecular weight is 613 g/mol. The van der Waals surface area contributed by atoms with Crippen LogP contribution in [0.15, 0.2) is 72.8 Å². The lowest BCUT2D eigenvalue weighted by Crippen LogP contribution is -2.31. The zero-order chi connectivity index (χ0) is 33.8. The molecule has 1 unspecified atom stereocenters. The molecular weight excluding hydrogens is 548 g/mol. The Balaban J connectivity index is 0. The van der Waals surface area contributed by atoms with Crippen LogP contribution in [0.1, 0.15) is 106 Å². The van der Waals surface area contributed by atoms with Crippen LogP contribution in [0.4, 0.5) is 4.79 Å². The van der Waals surface area contributed by atoms with E-state index in [1.54, 1.807) is 0 Å². The van der Waals surface area contributed by atoms with Crippen molar-refractivity contribution >= 4 is 11.7 Å². The number of ether oxygens (including phenoxy) is 1. The fourth-order valence-electron chi connectivity index (χ4n) is 3.56. The quantitative estimate of drug-likeness (QED) is 0.117. The zero-order valence-electron chi connectivity index (χ0n) is 29.7. The van der Waals surface area contributed by atoms with E-state index in [-0.39, 0.29) is 18.2 Å². The summed E-state index contributed by atoms with van der Waals surface area (Å²) < 4.78 is 5.12. The van der Waals surface area contributed by atoms with Gasteiger partial charge in [-0.05, 0) is 85.2 Å². The molecule has 0 saturated carbocycles. The second kappa shape index (κ2) is 28.3. The smallest absolute Gasteiger partial charge is 0.407 e. The highest BCUT2D eigenvalue weighted by Gasteiger charge is 2.17. The predicted molar refractivity (Wildman–Crippen MR) is 191 cm³/mol. The summed E-state index contributed by atoms with van der Waals surface area (Å²) in [5.41, 5.74) is 3.27. The number of alkyl carbamates (subject to hydrolysis) is 1. The lowest BCUT2D eigenvalue weighted by molar-refractivity contribution is 0.115. The van der Waals surface area contributed by atoms with E-state index in [9.17, 15) is 4.79 Å². The van der Waals surface area contributed by atoms with Crippen molar-refractivity contribution in [2.45, 2.75) is 100 Å². The molecule has 44 heavy (non-hydrogen) atoms. The minimum Gasteiger partial charge on any atom is -0.447 e. The van der Waals surface area contributed by atoms with Gasteiger partial charge in [-0.3, -0.25) is 0 Å². The maximum Gasteiger partial charge on any atom is 0.407 e. The number of H-pyrrole nitrogens is 1. The molecule has 8 nitrogen and oxygen atoms in total. The van der Waals surface area contributed by atoms with Gasteiger partial charge in [-0.15, -0.1) is 0 Å². The Morgan fingerprint density at radius 1 is 1.14 bits per heavy atom. The van der Waals surface area contributed by atoms with Crippen molar-refractivity contribution < 1.29 is 9.53 Å². The lowest BCUT2D eigenvalue weighted by Gasteiger charge is -2.21. The van der Waals surface area contributed by atoms with Gasteiger partial charge >= 0.3 is 6.09 Å². The van der Waals surface area contributed by atoms with Gasteiger partial charge in [0.15, 0.2) is 0 Å². The highest BCUT2D eigenvalue weighted by molar-refractivity contribution is 5.73. The first kappa shape index (κ1) is 42.6. The molecule has 1 aromatic heterocycles. The minimum absolute atomic E-state index is 0.0481. The third-order valence-corrected chi connectivity index (χ3v) is 5.99. The van der Waals surface area contributed by atoms with Crippen molar-refractivity contribution in [2.75, 3.05) is 33.7 Å². The number of carbonyl (C=O) groups excluding carboxylic acids is 1. The summed E-state index contributed by atoms with van der Waals surface area (Å²) in [5.74, 6) is 1.60. The number of aromatic nitrogens is 2. The molecule has 0 saturated heterocycles. The first-order valence-electron chi connectivity index (χ1n) is 16.3. The second-order valence-electron chi connectivity index (χ2n) is 10.0. The Labute approximate surface area is 269 Å². The molecule has 250 valence electrons. The van der Waals surface area contributed by atoms with Crippen LogP contribution >= 0.6 is 0 Å². The molecule has 8 heteroatoms. The fraction of sp³-hybridized carbons (Fsp3) is 0.556. The average Bonchev–Trinajstić information content (AvgIpc) is 3.35. The summed E-state index contributed by atoms with van der Waals surface area (Å²) in [4.78, 5) is 22.0. The van der Waals surface area contributed by atoms with Crippen molar-refractivity contribution in [1.82, 2.24) is 30.8 Å². The molecule has 2 rings (SSSR count). The Bertz CT molecular complexity index is 1030. The number of hydrogen-bond acceptors (Lipinski definition) is 6. The molecular formula is C36H64N6O2. The molecule has 0 radical (unpaired) electrons. The van der Waals surface area contributed by atoms with Gasteiger partial charge in [0.2, 0.25) is 0 Å². The van der Waals surface area contributed by atoms with Gasteiger partial charge in [0, 0.05) is 13.1 Å². The molecule has 0 fully saturated rings. The van der Waals surface area contributed by atoms with Gasteiger partial charge in [0.05, 0.1) is 29.9 Å². The van der Waals surface area contributed by atoms with E-state index in [2.05, 4.69) is 101 Å². The first-order valence-corrected chi connectivity index (χ1v) is 16.3. The maximum absolute atomic E-state index is 11.7. The van der Waals surface area contributed by atoms with Crippen LogP contribution in [0.5, 0.6) is 0 Å². The third kappa shape index (κ3) is 21.2. The van der Waals surface area contributed by atoms with Crippen molar-refractivity contribution in [1.29, 1.82) is 0 Å². The first-order chi connectivity index (χ1) is 21.2. The molecule has 1 atom stereocenters. The summed E-state index contributed by atoms with van der Waals surface area (Å²) >= 11 is 0. The van der Waals surface area contributed by atoms with Crippen molar-refractivity contribution in [3.63, 3.8) is 0 Å². The zero-order valence-corrected chi connectivity index (χ0v) is 29.7. The van der Waals surface area contributed by atoms with E-state index in [0.29, 0.717) is 13.1 Å². The highest BCUT2D eigenvalue weighted by Crippen LogP contribution is 2.22. The maximum atomic E-state index is 11.7. The summed E-state index contributed by atoms with van der Waals surface area (Å²) in [6.45, 7) is 24.4. The number of carbonyl (C=O) groups is 1. The Kier molecular flexibility index (Phi) is 27.4. The van der Waals surface area contributed by atoms with E-state index in [0.717, 1.165) is 55.1 Å². The van der Waals surface area contributed by atoms with E-state index in [1.807, 2.05) is 67.7 Å². The molecule has 1 aromatic rings. The standard InChI is InChI=1S/C28H41N5O2.C4H11N.2C2H6/c1-6-14-23(7-2)19-30-22(5)32-25(17-12-13-18-29-28(34)35-21(3)4)27-31-20-26(33-27)24-15-10-8-9-11-16-24;1-4-5(2)3;2*1-2/h6-8,10-11,14-16,20-21,25,30,32H,5,9,12-13,17-19H2,1-4H3,(H,29,34)(H,31,33);4H2,1-3H3;2*1-2H3/b14-6-,23-7+;;;. The largest absolute Gasteiger partial charge is 0.447 e. The van der Waals surface area contributed by atoms with E-state index in [4.69, 9.17) is 4.74 Å². The Hall–Kier alpha value is -3.52. The van der Waals surface area contributed by atoms with Gasteiger partial charge in [-0.1, -0.05) is 89.8 Å². The van der Waals surface area contributed by atoms with Crippen LogP contribution in [0.3, 0.4) is 0 Å². The van der Waals surface area contributed by atoms with Crippen LogP contribution in [-0.2, 0) is 4.74 Å². The van der Waals surface area contributed by atoms with Crippen LogP contribution < -0.4 is 16.0 Å². The van der Waals surface area contributed by atoms with Crippen LogP contribution in [-0.4, -0.2) is 60.8 Å². The van der Waals surface area contributed by atoms with Crippen molar-refractivity contribution in [3.05, 3.63) is 84.3 Å². The van der Waals surface area contributed by atoms with Gasteiger partial charge in [0.25, 0.3) is 0 Å². The number of aromatic amines is 1. The van der Waals surface area contributed by atoms with Gasteiger partial charge in [-0.2, -0.15) is 0 Å². The molecule has 1 heterocycles. The fourth-order valence-corrected chi connectivity index (χ4v) is 3.56. The normalized spacial score (nSPS) is 12.9. The molecule has 0 spiro atoms. The van der Waals surface area contributed by atoms with Crippen LogP contribution in [0.2, 0.25) is 0 Å². The SMILES string of the molecule is C=C(NCC(/C=C\C)=C/C)NC(CCCCNC(=O)OC(C)C)c1ncc(C2=CC=CCC=C2)[nH]1.CC.CC.CCN(C)C. The summed E-state index contributed by atoms with van der Waals surface area (Å²) in [5, 5.41) is 9.66. The third-order valence-electron chi connectivity index (χ3n) is 5.99. The number of nitrogens with zero attached hydrogens (tertiary/aromatic N) is 2. The summed E-state index contributed by atoms with van der Waals surface area (Å²) in [7, 11) is 4.11. The number of imidazole rings is 1. The molecule has 0 aromatic carbocycles. The minimum atomic E-state index is -0.373. The van der Waals surface area contributed by atoms with Gasteiger partial charge in [-0.25, -0.2) is 9.78 Å². The van der Waals surface area contributed by atoms with Crippen LogP contribution in [0.25, 0.3) is 5.57 Å². The van der Waals surface area contributed by atoms with Crippen molar-refractivity contribution in [3.8, 4) is 0 Å². The predicted octanol–water partition coefficient (Wildman–Crippen LogP) is 8.45. The van der Waals surface area contributed by atoms with Gasteiger partial charge in [0.1, 0.15) is 5.82 Å². The number of rotatable bonds is 15. The molecule has 1 aliphatic carbocycles. The van der Waals surface area contributed by atoms with E-state index >= 15 is 0 Å². The summed E-state index contributed by atoms with van der Waals surface area (Å²) in [6, 6.07) is -0.0481. The number of allylic oxidation sites excluding steroid dienone is 8. The molecule has 1 aliphatic rings. The molecule has 0 aliphatic heterocycles. The number of unbranched alkanes of at least 4 members (excludes halogenated alkanes) is 1. The number of hydrogen-bond donors (Lipinski definition) is 4. The van der Waals surface area contributed by atoms with E-state index < -0.39 is 0 Å². The number of nitrogens with one attached hydrogen (secondary N) is 4.